The molecule has 94 valence electrons. The minimum atomic E-state index is 0.668. The van der Waals surface area contributed by atoms with Crippen molar-refractivity contribution in [3.63, 3.8) is 0 Å². The van der Waals surface area contributed by atoms with Crippen molar-refractivity contribution in [3.05, 3.63) is 47.4 Å². The lowest BCUT2D eigenvalue weighted by Crippen LogP contribution is -2.05. The Balaban J connectivity index is 2.09. The van der Waals surface area contributed by atoms with Gasteiger partial charge in [0.1, 0.15) is 11.6 Å². The van der Waals surface area contributed by atoms with E-state index in [1.807, 2.05) is 38.1 Å². The van der Waals surface area contributed by atoms with Crippen LogP contribution in [0.2, 0.25) is 0 Å². The summed E-state index contributed by atoms with van der Waals surface area (Å²) >= 11 is 0. The Labute approximate surface area is 107 Å². The molecule has 0 unspecified atom stereocenters. The number of hydrogen-bond donors (Lipinski definition) is 1. The van der Waals surface area contributed by atoms with Gasteiger partial charge in [0.2, 0.25) is 0 Å². The van der Waals surface area contributed by atoms with E-state index < -0.39 is 0 Å². The molecule has 18 heavy (non-hydrogen) atoms. The first-order chi connectivity index (χ1) is 8.70. The molecule has 4 heteroatoms. The van der Waals surface area contributed by atoms with Crippen LogP contribution in [0.5, 0.6) is 5.75 Å². The van der Waals surface area contributed by atoms with E-state index in [0.717, 1.165) is 28.5 Å². The van der Waals surface area contributed by atoms with Crippen LogP contribution in [0.25, 0.3) is 0 Å². The average Bonchev–Trinajstić information content (AvgIpc) is 2.40. The molecule has 0 atom stereocenters. The maximum atomic E-state index is 5.30. The van der Waals surface area contributed by atoms with E-state index in [4.69, 9.17) is 4.74 Å². The molecule has 0 aliphatic rings. The van der Waals surface area contributed by atoms with Gasteiger partial charge >= 0.3 is 0 Å². The van der Waals surface area contributed by atoms with Crippen LogP contribution in [-0.2, 0) is 6.54 Å². The molecule has 0 saturated carbocycles. The molecule has 0 fully saturated rings. The quantitative estimate of drug-likeness (QED) is 0.897. The molecule has 1 heterocycles. The Hall–Kier alpha value is -2.10. The lowest BCUT2D eigenvalue weighted by Gasteiger charge is -2.10. The monoisotopic (exact) mass is 243 g/mol. The van der Waals surface area contributed by atoms with Gasteiger partial charge in [-0.2, -0.15) is 0 Å². The lowest BCUT2D eigenvalue weighted by atomic mass is 10.2. The molecule has 0 amide bonds. The van der Waals surface area contributed by atoms with Crippen LogP contribution in [0.1, 0.15) is 17.0 Å². The molecule has 1 aromatic heterocycles. The third kappa shape index (κ3) is 2.77. The van der Waals surface area contributed by atoms with Crippen LogP contribution >= 0.6 is 0 Å². The summed E-state index contributed by atoms with van der Waals surface area (Å²) in [5, 5.41) is 3.25. The van der Waals surface area contributed by atoms with E-state index in [0.29, 0.717) is 6.54 Å². The van der Waals surface area contributed by atoms with Crippen molar-refractivity contribution < 1.29 is 4.74 Å². The molecule has 4 nitrogen and oxygen atoms in total. The number of aryl methyl sites for hydroxylation is 2. The van der Waals surface area contributed by atoms with Crippen LogP contribution in [0, 0.1) is 13.8 Å². The Morgan fingerprint density at radius 2 is 1.94 bits per heavy atom. The van der Waals surface area contributed by atoms with Crippen molar-refractivity contribution in [3.8, 4) is 5.75 Å². The third-order valence-corrected chi connectivity index (χ3v) is 2.84. The SMILES string of the molecule is COc1ccccc1CNc1cnc(C)c(C)n1. The number of aromatic nitrogens is 2. The van der Waals surface area contributed by atoms with Crippen LogP contribution in [0.4, 0.5) is 5.82 Å². The van der Waals surface area contributed by atoms with Gasteiger partial charge in [-0.1, -0.05) is 18.2 Å². The summed E-state index contributed by atoms with van der Waals surface area (Å²) in [5.41, 5.74) is 3.00. The number of ether oxygens (including phenoxy) is 1. The number of methoxy groups -OCH3 is 1. The van der Waals surface area contributed by atoms with Gasteiger partial charge in [-0.15, -0.1) is 0 Å². The molecule has 0 aliphatic heterocycles. The highest BCUT2D eigenvalue weighted by molar-refractivity contribution is 5.39. The fourth-order valence-electron chi connectivity index (χ4n) is 1.66. The molecule has 0 aliphatic carbocycles. The van der Waals surface area contributed by atoms with Crippen molar-refractivity contribution in [2.45, 2.75) is 20.4 Å². The highest BCUT2D eigenvalue weighted by Gasteiger charge is 2.03. The van der Waals surface area contributed by atoms with Crippen molar-refractivity contribution >= 4 is 5.82 Å². The van der Waals surface area contributed by atoms with Crippen molar-refractivity contribution in [1.82, 2.24) is 9.97 Å². The minimum absolute atomic E-state index is 0.668. The van der Waals surface area contributed by atoms with Gasteiger partial charge in [0.05, 0.1) is 24.7 Å². The number of rotatable bonds is 4. The number of hydrogen-bond acceptors (Lipinski definition) is 4. The van der Waals surface area contributed by atoms with Crippen LogP contribution in [-0.4, -0.2) is 17.1 Å². The zero-order valence-electron chi connectivity index (χ0n) is 10.9. The predicted octanol–water partition coefficient (Wildman–Crippen LogP) is 2.71. The Kier molecular flexibility index (Phi) is 3.77. The number of benzene rings is 1. The van der Waals surface area contributed by atoms with Gasteiger partial charge in [0.15, 0.2) is 0 Å². The van der Waals surface area contributed by atoms with E-state index in [1.54, 1.807) is 13.3 Å². The third-order valence-electron chi connectivity index (χ3n) is 2.84. The molecule has 0 spiro atoms. The van der Waals surface area contributed by atoms with Gasteiger partial charge in [-0.3, -0.25) is 4.98 Å². The van der Waals surface area contributed by atoms with E-state index in [1.165, 1.54) is 0 Å². The van der Waals surface area contributed by atoms with E-state index >= 15 is 0 Å². The number of nitrogens with zero attached hydrogens (tertiary/aromatic N) is 2. The molecular weight excluding hydrogens is 226 g/mol. The second kappa shape index (κ2) is 5.49. The highest BCUT2D eigenvalue weighted by atomic mass is 16.5. The second-order valence-corrected chi connectivity index (χ2v) is 4.09. The maximum absolute atomic E-state index is 5.30. The number of para-hydroxylation sites is 1. The first-order valence-electron chi connectivity index (χ1n) is 5.86. The molecule has 0 radical (unpaired) electrons. The summed E-state index contributed by atoms with van der Waals surface area (Å²) in [7, 11) is 1.68. The van der Waals surface area contributed by atoms with Crippen molar-refractivity contribution in [2.24, 2.45) is 0 Å². The van der Waals surface area contributed by atoms with E-state index in [-0.39, 0.29) is 0 Å². The molecule has 2 aromatic rings. The van der Waals surface area contributed by atoms with Crippen molar-refractivity contribution in [1.29, 1.82) is 0 Å². The summed E-state index contributed by atoms with van der Waals surface area (Å²) in [6.07, 6.45) is 1.75. The maximum Gasteiger partial charge on any atom is 0.145 e. The first kappa shape index (κ1) is 12.4. The zero-order chi connectivity index (χ0) is 13.0. The fourth-order valence-corrected chi connectivity index (χ4v) is 1.66. The predicted molar refractivity (Wildman–Crippen MR) is 71.8 cm³/mol. The molecule has 0 bridgehead atoms. The standard InChI is InChI=1S/C14H17N3O/c1-10-11(2)17-14(9-15-10)16-8-12-6-4-5-7-13(12)18-3/h4-7,9H,8H2,1-3H3,(H,16,17). The Morgan fingerprint density at radius 1 is 1.17 bits per heavy atom. The van der Waals surface area contributed by atoms with E-state index in [9.17, 15) is 0 Å². The van der Waals surface area contributed by atoms with Crippen molar-refractivity contribution in [2.75, 3.05) is 12.4 Å². The van der Waals surface area contributed by atoms with Gasteiger partial charge in [0, 0.05) is 12.1 Å². The van der Waals surface area contributed by atoms with Gasteiger partial charge in [-0.25, -0.2) is 4.98 Å². The summed E-state index contributed by atoms with van der Waals surface area (Å²) in [6.45, 7) is 4.57. The fraction of sp³-hybridized carbons (Fsp3) is 0.286. The average molecular weight is 243 g/mol. The molecular formula is C14H17N3O. The number of nitrogens with one attached hydrogen (secondary N) is 1. The van der Waals surface area contributed by atoms with Gasteiger partial charge < -0.3 is 10.1 Å². The first-order valence-corrected chi connectivity index (χ1v) is 5.86. The van der Waals surface area contributed by atoms with E-state index in [2.05, 4.69) is 15.3 Å². The van der Waals surface area contributed by atoms with Crippen LogP contribution < -0.4 is 10.1 Å². The zero-order valence-corrected chi connectivity index (χ0v) is 10.9. The van der Waals surface area contributed by atoms with Crippen LogP contribution in [0.3, 0.4) is 0 Å². The smallest absolute Gasteiger partial charge is 0.145 e. The normalized spacial score (nSPS) is 10.2. The molecule has 1 N–H and O–H groups in total. The summed E-state index contributed by atoms with van der Waals surface area (Å²) < 4.78 is 5.30. The van der Waals surface area contributed by atoms with Gasteiger partial charge in [-0.05, 0) is 19.9 Å². The van der Waals surface area contributed by atoms with Gasteiger partial charge in [0.25, 0.3) is 0 Å². The molecule has 1 aromatic carbocycles. The lowest BCUT2D eigenvalue weighted by molar-refractivity contribution is 0.410. The second-order valence-electron chi connectivity index (χ2n) is 4.09. The minimum Gasteiger partial charge on any atom is -0.496 e. The van der Waals surface area contributed by atoms with Crippen LogP contribution in [0.15, 0.2) is 30.5 Å². The Morgan fingerprint density at radius 3 is 2.67 bits per heavy atom. The molecule has 2 rings (SSSR count). The number of anilines is 1. The summed E-state index contributed by atoms with van der Waals surface area (Å²) in [4.78, 5) is 8.71. The largest absolute Gasteiger partial charge is 0.496 e. The summed E-state index contributed by atoms with van der Waals surface area (Å²) in [5.74, 6) is 1.66. The Bertz CT molecular complexity index is 540. The topological polar surface area (TPSA) is 47.0 Å². The molecule has 0 saturated heterocycles. The summed E-state index contributed by atoms with van der Waals surface area (Å²) in [6, 6.07) is 7.92. The highest BCUT2D eigenvalue weighted by Crippen LogP contribution is 2.18.